The maximum atomic E-state index is 14.4. The van der Waals surface area contributed by atoms with Gasteiger partial charge >= 0.3 is 0 Å². The van der Waals surface area contributed by atoms with Gasteiger partial charge in [0, 0.05) is 36.3 Å². The van der Waals surface area contributed by atoms with Gasteiger partial charge in [0.05, 0.1) is 17.5 Å². The van der Waals surface area contributed by atoms with Crippen LogP contribution in [0.1, 0.15) is 64.7 Å². The molecule has 2 aromatic carbocycles. The van der Waals surface area contributed by atoms with E-state index in [4.69, 9.17) is 14.1 Å². The molecule has 0 radical (unpaired) electrons. The van der Waals surface area contributed by atoms with Gasteiger partial charge in [-0.15, -0.1) is 0 Å². The molecule has 288 valence electrons. The quantitative estimate of drug-likeness (QED) is 0.226. The van der Waals surface area contributed by atoms with Crippen LogP contribution in [-0.4, -0.2) is 77.5 Å². The summed E-state index contributed by atoms with van der Waals surface area (Å²) in [5.74, 6) is -2.84. The second-order valence-electron chi connectivity index (χ2n) is 15.0. The third-order valence-corrected chi connectivity index (χ3v) is 12.8. The lowest BCUT2D eigenvalue weighted by Crippen LogP contribution is -2.58. The molecule has 0 bridgehead atoms. The Morgan fingerprint density at radius 3 is 2.60 bits per heavy atom. The molecule has 13 nitrogen and oxygen atoms in total. The van der Waals surface area contributed by atoms with Crippen molar-refractivity contribution in [3.8, 4) is 17.0 Å². The number of hydrogen-bond donors (Lipinski definition) is 3. The number of nitrogens with one attached hydrogen (secondary N) is 3. The number of aromatic nitrogens is 1. The number of hydrogen-bond acceptors (Lipinski definition) is 9. The minimum Gasteiger partial charge on any atom is -0.484 e. The number of ether oxygens (including phenoxy) is 1. The molecule has 0 unspecified atom stereocenters. The molecule has 15 heteroatoms. The van der Waals surface area contributed by atoms with Crippen LogP contribution in [0.15, 0.2) is 71.2 Å². The van der Waals surface area contributed by atoms with E-state index < -0.39 is 74.4 Å². The van der Waals surface area contributed by atoms with Crippen molar-refractivity contribution in [2.24, 2.45) is 5.92 Å². The molecule has 3 N–H and O–H groups in total. The fourth-order valence-electron chi connectivity index (χ4n) is 7.78. The summed E-state index contributed by atoms with van der Waals surface area (Å²) < 4.78 is 54.6. The largest absolute Gasteiger partial charge is 0.484 e. The first-order chi connectivity index (χ1) is 26.4. The van der Waals surface area contributed by atoms with Gasteiger partial charge < -0.3 is 24.7 Å². The van der Waals surface area contributed by atoms with Gasteiger partial charge in [-0.2, -0.15) is 0 Å². The molecule has 1 saturated heterocycles. The number of sulfonamides is 1. The molecule has 4 aromatic rings. The summed E-state index contributed by atoms with van der Waals surface area (Å²) in [5, 5.41) is 5.74. The summed E-state index contributed by atoms with van der Waals surface area (Å²) >= 11 is 0. The Balaban J connectivity index is 1.14. The van der Waals surface area contributed by atoms with Gasteiger partial charge in [-0.05, 0) is 74.9 Å². The van der Waals surface area contributed by atoms with Crippen LogP contribution in [0, 0.1) is 11.7 Å². The second-order valence-corrected chi connectivity index (χ2v) is 17.0. The highest BCUT2D eigenvalue weighted by atomic mass is 32.2. The third-order valence-electron chi connectivity index (χ3n) is 10.9. The van der Waals surface area contributed by atoms with Gasteiger partial charge in [-0.1, -0.05) is 37.1 Å². The molecule has 4 aliphatic rings. The Morgan fingerprint density at radius 1 is 1.05 bits per heavy atom. The number of pyridine rings is 1. The van der Waals surface area contributed by atoms with Crippen LogP contribution in [0.5, 0.6) is 5.75 Å². The van der Waals surface area contributed by atoms with Gasteiger partial charge in [0.1, 0.15) is 40.6 Å². The van der Waals surface area contributed by atoms with Crippen LogP contribution in [0.2, 0.25) is 0 Å². The summed E-state index contributed by atoms with van der Waals surface area (Å²) in [5.41, 5.74) is 1.04. The van der Waals surface area contributed by atoms with E-state index in [9.17, 15) is 32.0 Å². The number of para-hydroxylation sites is 1. The normalized spacial score (nSPS) is 26.6. The zero-order valence-corrected chi connectivity index (χ0v) is 31.1. The molecule has 8 rings (SSSR count). The number of fused-ring (bicyclic) bond motifs is 5. The summed E-state index contributed by atoms with van der Waals surface area (Å²) in [6.45, 7) is 1.29. The van der Waals surface area contributed by atoms with E-state index in [1.54, 1.807) is 24.3 Å². The lowest BCUT2D eigenvalue weighted by molar-refractivity contribution is -0.142. The van der Waals surface area contributed by atoms with Crippen LogP contribution < -0.4 is 20.1 Å². The number of benzene rings is 2. The average Bonchev–Trinajstić information content (AvgIpc) is 4.05. The molecular weight excluding hydrogens is 730 g/mol. The molecule has 4 heterocycles. The first-order valence-corrected chi connectivity index (χ1v) is 20.3. The van der Waals surface area contributed by atoms with E-state index in [1.807, 2.05) is 30.4 Å². The number of halogens is 1. The molecule has 2 aliphatic carbocycles. The van der Waals surface area contributed by atoms with Gasteiger partial charge in [0.2, 0.25) is 27.7 Å². The van der Waals surface area contributed by atoms with Crippen LogP contribution >= 0.6 is 0 Å². The van der Waals surface area contributed by atoms with E-state index in [0.29, 0.717) is 65.8 Å². The zero-order chi connectivity index (χ0) is 38.5. The standard InChI is InChI=1S/C40H42FN5O8S/c1-23(47)42-30-11-6-4-2-3-5-9-25-21-40(25,39(50)45-55(51,52)28-17-18-28)44-37(48)32-19-27(22-46(32)38(30)49)53-34-20-31(24-13-15-26(41)16-14-24)43-35-29-10-7-8-12-33(29)54-36(34)35/h5,7-10,12-16,20,25,27-28,30,32H,2-4,6,11,17-19,21-22H2,1H3,(H,42,47)(H,44,48)(H,45,50)/b9-5-/t25-,27+,30-,32-,40+/m0/s1. The highest BCUT2D eigenvalue weighted by Gasteiger charge is 2.62. The maximum Gasteiger partial charge on any atom is 0.259 e. The second kappa shape index (κ2) is 14.4. The Bertz CT molecular complexity index is 2320. The Kier molecular flexibility index (Phi) is 9.60. The summed E-state index contributed by atoms with van der Waals surface area (Å²) in [6.07, 6.45) is 7.46. The number of carbonyl (C=O) groups excluding carboxylic acids is 4. The minimum absolute atomic E-state index is 0.0128. The molecule has 2 aliphatic heterocycles. The molecule has 2 aromatic heterocycles. The van der Waals surface area contributed by atoms with E-state index in [0.717, 1.165) is 18.2 Å². The molecular formula is C40H42FN5O8S. The first kappa shape index (κ1) is 36.7. The topological polar surface area (TPSA) is 177 Å². The Labute approximate surface area is 317 Å². The molecule has 4 amide bonds. The molecule has 0 spiro atoms. The molecule has 55 heavy (non-hydrogen) atoms. The summed E-state index contributed by atoms with van der Waals surface area (Å²) in [6, 6.07) is 12.9. The van der Waals surface area contributed by atoms with Crippen LogP contribution in [0.25, 0.3) is 33.3 Å². The van der Waals surface area contributed by atoms with E-state index in [2.05, 4.69) is 15.4 Å². The number of carbonyl (C=O) groups is 4. The highest BCUT2D eigenvalue weighted by Crippen LogP contribution is 2.46. The number of furan rings is 1. The first-order valence-electron chi connectivity index (χ1n) is 18.8. The van der Waals surface area contributed by atoms with Gasteiger partial charge in [0.15, 0.2) is 11.3 Å². The Morgan fingerprint density at radius 2 is 1.84 bits per heavy atom. The molecule has 5 atom stereocenters. The molecule has 2 saturated carbocycles. The molecule has 3 fully saturated rings. The fourth-order valence-corrected chi connectivity index (χ4v) is 9.14. The van der Waals surface area contributed by atoms with Crippen molar-refractivity contribution in [2.45, 2.75) is 93.7 Å². The Hall–Kier alpha value is -5.31. The number of nitrogens with zero attached hydrogens (tertiary/aromatic N) is 2. The van der Waals surface area contributed by atoms with Crippen molar-refractivity contribution in [3.63, 3.8) is 0 Å². The average molecular weight is 772 g/mol. The van der Waals surface area contributed by atoms with E-state index >= 15 is 0 Å². The predicted octanol–water partition coefficient (Wildman–Crippen LogP) is 4.64. The van der Waals surface area contributed by atoms with E-state index in [-0.39, 0.29) is 19.4 Å². The summed E-state index contributed by atoms with van der Waals surface area (Å²) in [7, 11) is -3.90. The van der Waals surface area contributed by atoms with Crippen molar-refractivity contribution < 1.29 is 41.1 Å². The third kappa shape index (κ3) is 7.41. The number of allylic oxidation sites excluding steroid dienone is 1. The smallest absolute Gasteiger partial charge is 0.259 e. The van der Waals surface area contributed by atoms with Gasteiger partial charge in [-0.25, -0.2) is 17.8 Å². The minimum atomic E-state index is -3.90. The number of amides is 4. The van der Waals surface area contributed by atoms with Crippen molar-refractivity contribution in [1.29, 1.82) is 0 Å². The van der Waals surface area contributed by atoms with Gasteiger partial charge in [0.25, 0.3) is 5.91 Å². The van der Waals surface area contributed by atoms with Crippen LogP contribution in [0.4, 0.5) is 4.39 Å². The van der Waals surface area contributed by atoms with E-state index in [1.165, 1.54) is 24.0 Å². The van der Waals surface area contributed by atoms with Crippen LogP contribution in [-0.2, 0) is 29.2 Å². The van der Waals surface area contributed by atoms with Gasteiger partial charge in [-0.3, -0.25) is 23.9 Å². The van der Waals surface area contributed by atoms with Crippen molar-refractivity contribution in [2.75, 3.05) is 6.54 Å². The summed E-state index contributed by atoms with van der Waals surface area (Å²) in [4.78, 5) is 61.0. The maximum absolute atomic E-state index is 14.4. The monoisotopic (exact) mass is 771 g/mol. The highest BCUT2D eigenvalue weighted by molar-refractivity contribution is 7.91. The lowest BCUT2D eigenvalue weighted by atomic mass is 10.0. The fraction of sp³-hybridized carbons (Fsp3) is 0.425. The SMILES string of the molecule is CC(=O)N[C@H]1CCCCC/C=C\[C@H]2C[C@@]2(C(=O)NS(=O)(=O)C2CC2)NC(=O)[C@@H]2C[C@@H](Oc3cc(-c4ccc(F)cc4)nc4c3oc3ccccc34)CN2C1=O. The van der Waals surface area contributed by atoms with Crippen molar-refractivity contribution in [3.05, 3.63) is 72.6 Å². The lowest BCUT2D eigenvalue weighted by Gasteiger charge is -2.29. The zero-order valence-electron chi connectivity index (χ0n) is 30.3. The van der Waals surface area contributed by atoms with Crippen molar-refractivity contribution >= 4 is 55.7 Å². The number of rotatable bonds is 7. The van der Waals surface area contributed by atoms with Crippen LogP contribution in [0.3, 0.4) is 0 Å². The predicted molar refractivity (Wildman–Crippen MR) is 200 cm³/mol. The van der Waals surface area contributed by atoms with Crippen molar-refractivity contribution in [1.82, 2.24) is 25.2 Å².